The number of hydrogen-bond acceptors (Lipinski definition) is 3. The number of nitrogen functional groups attached to an aromatic ring is 1. The number of ether oxygens (including phenoxy) is 1. The summed E-state index contributed by atoms with van der Waals surface area (Å²) in [6.45, 7) is 0.369. The highest BCUT2D eigenvalue weighted by Crippen LogP contribution is 2.33. The Balaban J connectivity index is 2.02. The number of anilines is 1. The van der Waals surface area contributed by atoms with Crippen molar-refractivity contribution in [2.24, 2.45) is 5.73 Å². The molecule has 1 fully saturated rings. The SMILES string of the molecule is Nc1ccc(OCC2(N)CC2)c(F)c1. The molecule has 0 aliphatic heterocycles. The molecule has 0 spiro atoms. The van der Waals surface area contributed by atoms with Crippen molar-refractivity contribution < 1.29 is 9.13 Å². The lowest BCUT2D eigenvalue weighted by molar-refractivity contribution is 0.267. The summed E-state index contributed by atoms with van der Waals surface area (Å²) in [7, 11) is 0. The van der Waals surface area contributed by atoms with Crippen LogP contribution in [0.3, 0.4) is 0 Å². The van der Waals surface area contributed by atoms with Crippen LogP contribution in [0.15, 0.2) is 18.2 Å². The number of halogens is 1. The Labute approximate surface area is 81.8 Å². The molecule has 0 atom stereocenters. The quantitative estimate of drug-likeness (QED) is 0.716. The van der Waals surface area contributed by atoms with Gasteiger partial charge < -0.3 is 16.2 Å². The van der Waals surface area contributed by atoms with E-state index in [0.717, 1.165) is 12.8 Å². The second kappa shape index (κ2) is 3.13. The molecule has 1 aliphatic carbocycles. The van der Waals surface area contributed by atoms with E-state index in [1.807, 2.05) is 0 Å². The van der Waals surface area contributed by atoms with E-state index in [9.17, 15) is 4.39 Å². The molecule has 0 bridgehead atoms. The molecule has 1 aromatic carbocycles. The monoisotopic (exact) mass is 196 g/mol. The number of benzene rings is 1. The van der Waals surface area contributed by atoms with Gasteiger partial charge in [-0.15, -0.1) is 0 Å². The average Bonchev–Trinajstić information content (AvgIpc) is 2.83. The number of hydrogen-bond donors (Lipinski definition) is 2. The second-order valence-electron chi connectivity index (χ2n) is 3.84. The Kier molecular flexibility index (Phi) is 2.07. The van der Waals surface area contributed by atoms with Crippen molar-refractivity contribution >= 4 is 5.69 Å². The maximum absolute atomic E-state index is 13.2. The molecule has 4 heteroatoms. The molecule has 0 heterocycles. The fourth-order valence-corrected chi connectivity index (χ4v) is 1.16. The predicted octanol–water partition coefficient (Wildman–Crippen LogP) is 1.28. The van der Waals surface area contributed by atoms with E-state index < -0.39 is 5.82 Å². The zero-order chi connectivity index (χ0) is 10.2. The number of rotatable bonds is 3. The van der Waals surface area contributed by atoms with E-state index in [0.29, 0.717) is 12.3 Å². The molecule has 1 saturated carbocycles. The molecule has 1 aromatic rings. The van der Waals surface area contributed by atoms with E-state index in [-0.39, 0.29) is 11.3 Å². The van der Waals surface area contributed by atoms with Crippen LogP contribution in [-0.2, 0) is 0 Å². The first-order chi connectivity index (χ1) is 6.59. The molecule has 1 aliphatic rings. The van der Waals surface area contributed by atoms with Crippen LogP contribution in [0.2, 0.25) is 0 Å². The van der Waals surface area contributed by atoms with Crippen molar-refractivity contribution in [3.63, 3.8) is 0 Å². The van der Waals surface area contributed by atoms with Crippen molar-refractivity contribution in [1.82, 2.24) is 0 Å². The first-order valence-electron chi connectivity index (χ1n) is 4.56. The third-order valence-corrected chi connectivity index (χ3v) is 2.36. The van der Waals surface area contributed by atoms with Crippen LogP contribution >= 0.6 is 0 Å². The average molecular weight is 196 g/mol. The fourth-order valence-electron chi connectivity index (χ4n) is 1.16. The van der Waals surface area contributed by atoms with Crippen molar-refractivity contribution in [1.29, 1.82) is 0 Å². The van der Waals surface area contributed by atoms with Gasteiger partial charge in [0, 0.05) is 11.8 Å². The molecular formula is C10H13FN2O. The topological polar surface area (TPSA) is 61.3 Å². The van der Waals surface area contributed by atoms with E-state index >= 15 is 0 Å². The highest BCUT2D eigenvalue weighted by molar-refractivity contribution is 5.42. The summed E-state index contributed by atoms with van der Waals surface area (Å²) in [6.07, 6.45) is 1.90. The van der Waals surface area contributed by atoms with Gasteiger partial charge in [-0.2, -0.15) is 0 Å². The molecule has 0 unspecified atom stereocenters. The largest absolute Gasteiger partial charge is 0.489 e. The lowest BCUT2D eigenvalue weighted by Crippen LogP contribution is -2.29. The Bertz CT molecular complexity index is 350. The van der Waals surface area contributed by atoms with Gasteiger partial charge in [-0.25, -0.2) is 4.39 Å². The lowest BCUT2D eigenvalue weighted by Gasteiger charge is -2.11. The summed E-state index contributed by atoms with van der Waals surface area (Å²) in [5.41, 5.74) is 11.4. The van der Waals surface area contributed by atoms with Gasteiger partial charge >= 0.3 is 0 Å². The van der Waals surface area contributed by atoms with Gasteiger partial charge in [0.15, 0.2) is 11.6 Å². The summed E-state index contributed by atoms with van der Waals surface area (Å²) in [6, 6.07) is 4.37. The summed E-state index contributed by atoms with van der Waals surface area (Å²) >= 11 is 0. The molecular weight excluding hydrogens is 183 g/mol. The van der Waals surface area contributed by atoms with Gasteiger partial charge in [0.05, 0.1) is 5.54 Å². The summed E-state index contributed by atoms with van der Waals surface area (Å²) in [5, 5.41) is 0. The van der Waals surface area contributed by atoms with Crippen LogP contribution < -0.4 is 16.2 Å². The normalized spacial score (nSPS) is 17.9. The predicted molar refractivity (Wildman–Crippen MR) is 52.5 cm³/mol. The van der Waals surface area contributed by atoms with Gasteiger partial charge in [0.1, 0.15) is 6.61 Å². The minimum absolute atomic E-state index is 0.218. The van der Waals surface area contributed by atoms with Crippen LogP contribution in [-0.4, -0.2) is 12.1 Å². The van der Waals surface area contributed by atoms with E-state index in [2.05, 4.69) is 0 Å². The van der Waals surface area contributed by atoms with Gasteiger partial charge in [-0.05, 0) is 25.0 Å². The Morgan fingerprint density at radius 1 is 1.43 bits per heavy atom. The van der Waals surface area contributed by atoms with Crippen molar-refractivity contribution in [2.45, 2.75) is 18.4 Å². The first-order valence-corrected chi connectivity index (χ1v) is 4.56. The van der Waals surface area contributed by atoms with Gasteiger partial charge in [-0.1, -0.05) is 0 Å². The molecule has 4 N–H and O–H groups in total. The molecule has 14 heavy (non-hydrogen) atoms. The van der Waals surface area contributed by atoms with Crippen molar-refractivity contribution in [2.75, 3.05) is 12.3 Å². The van der Waals surface area contributed by atoms with Crippen molar-refractivity contribution in [3.8, 4) is 5.75 Å². The summed E-state index contributed by atoms with van der Waals surface area (Å²) in [4.78, 5) is 0. The van der Waals surface area contributed by atoms with Gasteiger partial charge in [-0.3, -0.25) is 0 Å². The molecule has 2 rings (SSSR count). The zero-order valence-corrected chi connectivity index (χ0v) is 7.79. The maximum Gasteiger partial charge on any atom is 0.167 e. The van der Waals surface area contributed by atoms with Crippen LogP contribution in [0, 0.1) is 5.82 Å². The standard InChI is InChI=1S/C10H13FN2O/c11-8-5-7(12)1-2-9(8)14-6-10(13)3-4-10/h1-2,5H,3-4,6,12-13H2. The Morgan fingerprint density at radius 3 is 2.71 bits per heavy atom. The van der Waals surface area contributed by atoms with Gasteiger partial charge in [0.2, 0.25) is 0 Å². The van der Waals surface area contributed by atoms with E-state index in [1.54, 1.807) is 6.07 Å². The van der Waals surface area contributed by atoms with Crippen LogP contribution in [0.4, 0.5) is 10.1 Å². The molecule has 3 nitrogen and oxygen atoms in total. The van der Waals surface area contributed by atoms with E-state index in [1.165, 1.54) is 12.1 Å². The highest BCUT2D eigenvalue weighted by atomic mass is 19.1. The van der Waals surface area contributed by atoms with E-state index in [4.69, 9.17) is 16.2 Å². The smallest absolute Gasteiger partial charge is 0.167 e. The van der Waals surface area contributed by atoms with Crippen LogP contribution in [0.1, 0.15) is 12.8 Å². The fraction of sp³-hybridized carbons (Fsp3) is 0.400. The number of nitrogens with two attached hydrogens (primary N) is 2. The third-order valence-electron chi connectivity index (χ3n) is 2.36. The molecule has 0 saturated heterocycles. The minimum Gasteiger partial charge on any atom is -0.489 e. The summed E-state index contributed by atoms with van der Waals surface area (Å²) in [5.74, 6) is -0.217. The molecule has 76 valence electrons. The lowest BCUT2D eigenvalue weighted by atomic mass is 10.3. The second-order valence-corrected chi connectivity index (χ2v) is 3.84. The van der Waals surface area contributed by atoms with Crippen LogP contribution in [0.25, 0.3) is 0 Å². The first kappa shape index (κ1) is 9.27. The maximum atomic E-state index is 13.2. The zero-order valence-electron chi connectivity index (χ0n) is 7.79. The molecule has 0 radical (unpaired) electrons. The Hall–Kier alpha value is -1.29. The van der Waals surface area contributed by atoms with Gasteiger partial charge in [0.25, 0.3) is 0 Å². The highest BCUT2D eigenvalue weighted by Gasteiger charge is 2.39. The van der Waals surface area contributed by atoms with Crippen LogP contribution in [0.5, 0.6) is 5.75 Å². The molecule has 0 amide bonds. The minimum atomic E-state index is -0.436. The third kappa shape index (κ3) is 1.96. The molecule has 0 aromatic heterocycles. The summed E-state index contributed by atoms with van der Waals surface area (Å²) < 4.78 is 18.5. The Morgan fingerprint density at radius 2 is 2.14 bits per heavy atom. The van der Waals surface area contributed by atoms with Crippen molar-refractivity contribution in [3.05, 3.63) is 24.0 Å².